The lowest BCUT2D eigenvalue weighted by atomic mass is 9.85. The first-order valence-corrected chi connectivity index (χ1v) is 7.30. The number of hydrogen-bond donors (Lipinski definition) is 3. The van der Waals surface area contributed by atoms with Crippen molar-refractivity contribution < 1.29 is 23.4 Å². The van der Waals surface area contributed by atoms with Crippen molar-refractivity contribution in [1.29, 1.82) is 0 Å². The number of alkyl halides is 2. The van der Waals surface area contributed by atoms with Crippen LogP contribution in [0.15, 0.2) is 24.3 Å². The highest BCUT2D eigenvalue weighted by Gasteiger charge is 2.29. The Bertz CT molecular complexity index is 505. The smallest absolute Gasteiger partial charge is 0.387 e. The molecule has 0 atom stereocenters. The van der Waals surface area contributed by atoms with Gasteiger partial charge in [0.15, 0.2) is 0 Å². The number of amides is 2. The van der Waals surface area contributed by atoms with Gasteiger partial charge in [-0.05, 0) is 25.0 Å². The maximum absolute atomic E-state index is 12.3. The topological polar surface area (TPSA) is 70.6 Å². The van der Waals surface area contributed by atoms with E-state index in [2.05, 4.69) is 15.4 Å². The number of benzene rings is 1. The van der Waals surface area contributed by atoms with Crippen LogP contribution in [0.5, 0.6) is 5.75 Å². The number of urea groups is 1. The fourth-order valence-electron chi connectivity index (χ4n) is 2.57. The van der Waals surface area contributed by atoms with E-state index in [0.29, 0.717) is 12.8 Å². The SMILES string of the molecule is O=C(NCC1(O)CCCCC1)Nc1ccccc1OC(F)F. The van der Waals surface area contributed by atoms with E-state index in [-0.39, 0.29) is 18.0 Å². The van der Waals surface area contributed by atoms with Crippen molar-refractivity contribution in [2.45, 2.75) is 44.3 Å². The summed E-state index contributed by atoms with van der Waals surface area (Å²) in [5, 5.41) is 15.3. The molecule has 0 aromatic heterocycles. The van der Waals surface area contributed by atoms with Gasteiger partial charge in [0, 0.05) is 6.54 Å². The Morgan fingerprint density at radius 1 is 1.27 bits per heavy atom. The van der Waals surface area contributed by atoms with Gasteiger partial charge in [0.25, 0.3) is 0 Å². The number of halogens is 2. The fourth-order valence-corrected chi connectivity index (χ4v) is 2.57. The highest BCUT2D eigenvalue weighted by atomic mass is 19.3. The molecule has 22 heavy (non-hydrogen) atoms. The summed E-state index contributed by atoms with van der Waals surface area (Å²) < 4.78 is 28.9. The van der Waals surface area contributed by atoms with E-state index >= 15 is 0 Å². The molecule has 122 valence electrons. The van der Waals surface area contributed by atoms with Gasteiger partial charge >= 0.3 is 12.6 Å². The molecule has 0 saturated heterocycles. The lowest BCUT2D eigenvalue weighted by molar-refractivity contribution is -0.0493. The summed E-state index contributed by atoms with van der Waals surface area (Å²) in [4.78, 5) is 11.9. The summed E-state index contributed by atoms with van der Waals surface area (Å²) in [6.45, 7) is -2.83. The van der Waals surface area contributed by atoms with Crippen molar-refractivity contribution in [3.05, 3.63) is 24.3 Å². The zero-order chi connectivity index (χ0) is 16.0. The lowest BCUT2D eigenvalue weighted by Gasteiger charge is -2.32. The van der Waals surface area contributed by atoms with Crippen molar-refractivity contribution in [3.8, 4) is 5.75 Å². The van der Waals surface area contributed by atoms with Crippen LogP contribution in [0.25, 0.3) is 0 Å². The molecule has 5 nitrogen and oxygen atoms in total. The summed E-state index contributed by atoms with van der Waals surface area (Å²) in [7, 11) is 0. The van der Waals surface area contributed by atoms with Gasteiger partial charge in [-0.15, -0.1) is 0 Å². The molecule has 0 bridgehead atoms. The Morgan fingerprint density at radius 2 is 1.95 bits per heavy atom. The van der Waals surface area contributed by atoms with Gasteiger partial charge in [0.2, 0.25) is 0 Å². The third-order valence-electron chi connectivity index (χ3n) is 3.71. The molecule has 1 aliphatic carbocycles. The highest BCUT2D eigenvalue weighted by Crippen LogP contribution is 2.28. The Hall–Kier alpha value is -1.89. The molecule has 1 aromatic rings. The second-order valence-electron chi connectivity index (χ2n) is 5.47. The Kier molecular flexibility index (Phi) is 5.54. The van der Waals surface area contributed by atoms with Crippen LogP contribution in [0.3, 0.4) is 0 Å². The van der Waals surface area contributed by atoms with E-state index in [0.717, 1.165) is 19.3 Å². The van der Waals surface area contributed by atoms with Gasteiger partial charge in [-0.3, -0.25) is 0 Å². The van der Waals surface area contributed by atoms with Crippen molar-refractivity contribution in [1.82, 2.24) is 5.32 Å². The van der Waals surface area contributed by atoms with Crippen LogP contribution in [0.1, 0.15) is 32.1 Å². The van der Waals surface area contributed by atoms with E-state index < -0.39 is 18.2 Å². The first-order chi connectivity index (χ1) is 10.5. The average Bonchev–Trinajstić information content (AvgIpc) is 2.48. The number of anilines is 1. The molecule has 0 unspecified atom stereocenters. The summed E-state index contributed by atoms with van der Waals surface area (Å²) >= 11 is 0. The van der Waals surface area contributed by atoms with Gasteiger partial charge in [-0.25, -0.2) is 4.79 Å². The normalized spacial score (nSPS) is 17.1. The fraction of sp³-hybridized carbons (Fsp3) is 0.533. The molecule has 0 radical (unpaired) electrons. The van der Waals surface area contributed by atoms with Gasteiger partial charge in [0.05, 0.1) is 11.3 Å². The second kappa shape index (κ2) is 7.40. The van der Waals surface area contributed by atoms with Crippen LogP contribution in [0.4, 0.5) is 19.3 Å². The lowest BCUT2D eigenvalue weighted by Crippen LogP contribution is -2.45. The molecule has 1 aliphatic rings. The number of para-hydroxylation sites is 2. The van der Waals surface area contributed by atoms with Gasteiger partial charge in [0.1, 0.15) is 5.75 Å². The number of aliphatic hydroxyl groups is 1. The summed E-state index contributed by atoms with van der Waals surface area (Å²) in [6, 6.07) is 5.38. The van der Waals surface area contributed by atoms with Gasteiger partial charge in [-0.2, -0.15) is 8.78 Å². The Balaban J connectivity index is 1.89. The Labute approximate surface area is 127 Å². The molecule has 2 amide bonds. The van der Waals surface area contributed by atoms with Crippen molar-refractivity contribution in [2.75, 3.05) is 11.9 Å². The van der Waals surface area contributed by atoms with Gasteiger partial charge in [-0.1, -0.05) is 31.4 Å². The molecule has 2 rings (SSSR count). The third-order valence-corrected chi connectivity index (χ3v) is 3.71. The molecule has 7 heteroatoms. The van der Waals surface area contributed by atoms with E-state index in [4.69, 9.17) is 0 Å². The maximum Gasteiger partial charge on any atom is 0.387 e. The number of carbonyl (C=O) groups is 1. The first-order valence-electron chi connectivity index (χ1n) is 7.30. The first kappa shape index (κ1) is 16.5. The van der Waals surface area contributed by atoms with Crippen LogP contribution in [-0.2, 0) is 0 Å². The molecule has 0 heterocycles. The van der Waals surface area contributed by atoms with Crippen LogP contribution >= 0.6 is 0 Å². The maximum atomic E-state index is 12.3. The third kappa shape index (κ3) is 4.84. The minimum absolute atomic E-state index is 0.107. The minimum atomic E-state index is -2.96. The van der Waals surface area contributed by atoms with Crippen LogP contribution in [0, 0.1) is 0 Å². The zero-order valence-electron chi connectivity index (χ0n) is 12.1. The predicted octanol–water partition coefficient (Wildman–Crippen LogP) is 3.10. The highest BCUT2D eigenvalue weighted by molar-refractivity contribution is 5.90. The molecule has 1 saturated carbocycles. The number of rotatable bonds is 5. The Morgan fingerprint density at radius 3 is 2.64 bits per heavy atom. The molecule has 0 aliphatic heterocycles. The molecular weight excluding hydrogens is 294 g/mol. The van der Waals surface area contributed by atoms with Crippen LogP contribution < -0.4 is 15.4 Å². The predicted molar refractivity (Wildman–Crippen MR) is 78.1 cm³/mol. The second-order valence-corrected chi connectivity index (χ2v) is 5.47. The number of nitrogens with one attached hydrogen (secondary N) is 2. The molecule has 3 N–H and O–H groups in total. The monoisotopic (exact) mass is 314 g/mol. The van der Waals surface area contributed by atoms with E-state index in [9.17, 15) is 18.7 Å². The van der Waals surface area contributed by atoms with Crippen LogP contribution in [-0.4, -0.2) is 29.9 Å². The van der Waals surface area contributed by atoms with Crippen LogP contribution in [0.2, 0.25) is 0 Å². The molecule has 1 aromatic carbocycles. The largest absolute Gasteiger partial charge is 0.433 e. The molecular formula is C15H20F2N2O3. The average molecular weight is 314 g/mol. The summed E-state index contributed by atoms with van der Waals surface area (Å²) in [5.74, 6) is -0.107. The van der Waals surface area contributed by atoms with Gasteiger partial charge < -0.3 is 20.5 Å². The zero-order valence-corrected chi connectivity index (χ0v) is 12.1. The van der Waals surface area contributed by atoms with E-state index in [1.807, 2.05) is 0 Å². The minimum Gasteiger partial charge on any atom is -0.433 e. The summed E-state index contributed by atoms with van der Waals surface area (Å²) in [6.07, 6.45) is 4.26. The molecule has 0 spiro atoms. The van der Waals surface area contributed by atoms with Crippen molar-refractivity contribution >= 4 is 11.7 Å². The summed E-state index contributed by atoms with van der Waals surface area (Å²) in [5.41, 5.74) is -0.731. The number of carbonyl (C=O) groups excluding carboxylic acids is 1. The molecule has 1 fully saturated rings. The van der Waals surface area contributed by atoms with Crippen molar-refractivity contribution in [3.63, 3.8) is 0 Å². The number of hydrogen-bond acceptors (Lipinski definition) is 3. The quantitative estimate of drug-likeness (QED) is 0.782. The van der Waals surface area contributed by atoms with E-state index in [1.54, 1.807) is 6.07 Å². The standard InChI is InChI=1S/C15H20F2N2O3/c16-13(17)22-12-7-3-2-6-11(12)19-14(20)18-10-15(21)8-4-1-5-9-15/h2-3,6-7,13,21H,1,4-5,8-10H2,(H2,18,19,20). The number of ether oxygens (including phenoxy) is 1. The van der Waals surface area contributed by atoms with Crippen molar-refractivity contribution in [2.24, 2.45) is 0 Å². The van der Waals surface area contributed by atoms with E-state index in [1.165, 1.54) is 18.2 Å².